The van der Waals surface area contributed by atoms with Crippen LogP contribution in [-0.2, 0) is 16.3 Å². The number of hydrogen-bond donors (Lipinski definition) is 0. The summed E-state index contributed by atoms with van der Waals surface area (Å²) in [4.78, 5) is -1.26. The maximum atomic E-state index is 13.8. The van der Waals surface area contributed by atoms with Crippen molar-refractivity contribution in [2.75, 3.05) is 6.61 Å². The van der Waals surface area contributed by atoms with E-state index in [4.69, 9.17) is 14.2 Å². The molecule has 0 aliphatic carbocycles. The summed E-state index contributed by atoms with van der Waals surface area (Å²) in [7, 11) is -4.93. The molecule has 138 valence electrons. The summed E-state index contributed by atoms with van der Waals surface area (Å²) in [5.74, 6) is -1.91. The third kappa shape index (κ3) is 4.23. The van der Waals surface area contributed by atoms with E-state index in [1.807, 2.05) is 6.07 Å². The predicted octanol–water partition coefficient (Wildman–Crippen LogP) is 3.88. The summed E-state index contributed by atoms with van der Waals surface area (Å²) >= 11 is 0. The first-order valence-electron chi connectivity index (χ1n) is 7.06. The minimum absolute atomic E-state index is 0.100. The van der Waals surface area contributed by atoms with Crippen molar-refractivity contribution in [1.82, 2.24) is 0 Å². The molecule has 0 bridgehead atoms. The normalized spacial score (nSPS) is 11.7. The van der Waals surface area contributed by atoms with Crippen LogP contribution in [0.4, 0.5) is 17.6 Å². The van der Waals surface area contributed by atoms with Gasteiger partial charge in [-0.1, -0.05) is 0 Å². The van der Waals surface area contributed by atoms with E-state index in [9.17, 15) is 26.0 Å². The van der Waals surface area contributed by atoms with E-state index < -0.39 is 32.6 Å². The highest BCUT2D eigenvalue weighted by atomic mass is 32.2. The highest BCUT2D eigenvalue weighted by molar-refractivity contribution is 7.87. The summed E-state index contributed by atoms with van der Waals surface area (Å²) in [5.41, 5.74) is -1.20. The van der Waals surface area contributed by atoms with Crippen LogP contribution in [0, 0.1) is 17.1 Å². The number of rotatable bonds is 5. The molecular formula is C16H11F4NO4S. The molecule has 0 aromatic heterocycles. The Kier molecular flexibility index (Phi) is 5.41. The number of ether oxygens (including phenoxy) is 1. The fourth-order valence-corrected chi connectivity index (χ4v) is 2.99. The molecule has 2 aromatic carbocycles. The number of halogens is 4. The van der Waals surface area contributed by atoms with E-state index in [2.05, 4.69) is 0 Å². The summed E-state index contributed by atoms with van der Waals surface area (Å²) in [6, 6.07) is 6.27. The molecule has 0 amide bonds. The van der Waals surface area contributed by atoms with Crippen molar-refractivity contribution in [3.63, 3.8) is 0 Å². The first-order chi connectivity index (χ1) is 12.1. The van der Waals surface area contributed by atoms with Crippen molar-refractivity contribution < 1.29 is 34.9 Å². The molecule has 0 aliphatic rings. The lowest BCUT2D eigenvalue weighted by molar-refractivity contribution is -0.137. The monoisotopic (exact) mass is 389 g/mol. The van der Waals surface area contributed by atoms with Gasteiger partial charge in [0.2, 0.25) is 0 Å². The zero-order chi connectivity index (χ0) is 19.5. The van der Waals surface area contributed by atoms with Crippen molar-refractivity contribution in [2.45, 2.75) is 18.0 Å². The van der Waals surface area contributed by atoms with Crippen molar-refractivity contribution in [1.29, 1.82) is 5.26 Å². The fraction of sp³-hybridized carbons (Fsp3) is 0.188. The zero-order valence-electron chi connectivity index (χ0n) is 13.2. The van der Waals surface area contributed by atoms with Crippen LogP contribution in [0.2, 0.25) is 0 Å². The van der Waals surface area contributed by atoms with E-state index >= 15 is 0 Å². The van der Waals surface area contributed by atoms with Crippen LogP contribution in [0.3, 0.4) is 0 Å². The largest absolute Gasteiger partial charge is 0.490 e. The lowest BCUT2D eigenvalue weighted by Crippen LogP contribution is -2.15. The van der Waals surface area contributed by atoms with E-state index in [0.29, 0.717) is 12.1 Å². The highest BCUT2D eigenvalue weighted by Gasteiger charge is 2.34. The summed E-state index contributed by atoms with van der Waals surface area (Å²) in [6.45, 7) is 1.69. The van der Waals surface area contributed by atoms with Crippen LogP contribution in [0.25, 0.3) is 0 Å². The van der Waals surface area contributed by atoms with Gasteiger partial charge in [0, 0.05) is 6.07 Å². The Hall–Kier alpha value is -2.80. The van der Waals surface area contributed by atoms with Crippen molar-refractivity contribution >= 4 is 10.1 Å². The molecular weight excluding hydrogens is 378 g/mol. The maximum Gasteiger partial charge on any atom is 0.416 e. The molecule has 0 aliphatic heterocycles. The quantitative estimate of drug-likeness (QED) is 0.573. The molecule has 26 heavy (non-hydrogen) atoms. The lowest BCUT2D eigenvalue weighted by atomic mass is 10.2. The van der Waals surface area contributed by atoms with Gasteiger partial charge in [0.1, 0.15) is 10.7 Å². The van der Waals surface area contributed by atoms with Crippen LogP contribution in [0.1, 0.15) is 18.1 Å². The van der Waals surface area contributed by atoms with E-state index in [1.54, 1.807) is 6.92 Å². The summed E-state index contributed by atoms with van der Waals surface area (Å²) < 4.78 is 86.5. The Labute approximate surface area is 146 Å². The van der Waals surface area contributed by atoms with Gasteiger partial charge in [-0.3, -0.25) is 0 Å². The number of alkyl halides is 3. The summed E-state index contributed by atoms with van der Waals surface area (Å²) in [5, 5.41) is 8.85. The fourth-order valence-electron chi connectivity index (χ4n) is 1.95. The predicted molar refractivity (Wildman–Crippen MR) is 81.5 cm³/mol. The maximum absolute atomic E-state index is 13.8. The van der Waals surface area contributed by atoms with Gasteiger partial charge in [0.25, 0.3) is 0 Å². The Bertz CT molecular complexity index is 965. The van der Waals surface area contributed by atoms with E-state index in [-0.39, 0.29) is 29.7 Å². The van der Waals surface area contributed by atoms with Crippen LogP contribution >= 0.6 is 0 Å². The smallest absolute Gasteiger partial charge is 0.416 e. The summed E-state index contributed by atoms with van der Waals surface area (Å²) in [6.07, 6.45) is -4.86. The molecule has 0 saturated carbocycles. The average Bonchev–Trinajstić information content (AvgIpc) is 2.55. The van der Waals surface area contributed by atoms with Crippen molar-refractivity contribution in [3.8, 4) is 17.6 Å². The SMILES string of the molecule is CCOc1cc(C#N)ccc1OS(=O)(=O)c1cc(C(F)(F)F)ccc1F. The molecule has 10 heteroatoms. The second-order valence-electron chi connectivity index (χ2n) is 4.89. The zero-order valence-corrected chi connectivity index (χ0v) is 14.0. The molecule has 0 fully saturated rings. The van der Waals surface area contributed by atoms with Gasteiger partial charge in [-0.15, -0.1) is 0 Å². The Balaban J connectivity index is 2.49. The average molecular weight is 389 g/mol. The van der Waals surface area contributed by atoms with Crippen molar-refractivity contribution in [3.05, 3.63) is 53.3 Å². The molecule has 0 spiro atoms. The van der Waals surface area contributed by atoms with Gasteiger partial charge in [-0.25, -0.2) is 4.39 Å². The Morgan fingerprint density at radius 2 is 1.81 bits per heavy atom. The minimum Gasteiger partial charge on any atom is -0.490 e. The van der Waals surface area contributed by atoms with Gasteiger partial charge in [-0.2, -0.15) is 26.9 Å². The van der Waals surface area contributed by atoms with Crippen LogP contribution in [0.5, 0.6) is 11.5 Å². The molecule has 2 aromatic rings. The number of nitriles is 1. The third-order valence-corrected chi connectivity index (χ3v) is 4.35. The highest BCUT2D eigenvalue weighted by Crippen LogP contribution is 2.34. The van der Waals surface area contributed by atoms with Gasteiger partial charge in [-0.05, 0) is 37.3 Å². The first kappa shape index (κ1) is 19.5. The molecule has 0 heterocycles. The second-order valence-corrected chi connectivity index (χ2v) is 6.40. The molecule has 2 rings (SSSR count). The van der Waals surface area contributed by atoms with Gasteiger partial charge in [0.05, 0.1) is 23.8 Å². The number of nitrogens with zero attached hydrogens (tertiary/aromatic N) is 1. The topological polar surface area (TPSA) is 76.4 Å². The Morgan fingerprint density at radius 3 is 2.38 bits per heavy atom. The van der Waals surface area contributed by atoms with Crippen molar-refractivity contribution in [2.24, 2.45) is 0 Å². The van der Waals surface area contributed by atoms with Gasteiger partial charge >= 0.3 is 16.3 Å². The standard InChI is InChI=1S/C16H11F4NO4S/c1-2-24-14-7-10(9-21)3-6-13(14)25-26(22,23)15-8-11(16(18,19)20)4-5-12(15)17/h3-8H,2H2,1H3. The van der Waals surface area contributed by atoms with Crippen LogP contribution < -0.4 is 8.92 Å². The molecule has 5 nitrogen and oxygen atoms in total. The number of hydrogen-bond acceptors (Lipinski definition) is 5. The van der Waals surface area contributed by atoms with Crippen LogP contribution in [0.15, 0.2) is 41.3 Å². The first-order valence-corrected chi connectivity index (χ1v) is 8.47. The number of benzene rings is 2. The molecule has 0 unspecified atom stereocenters. The third-order valence-electron chi connectivity index (χ3n) is 3.10. The molecule has 0 saturated heterocycles. The molecule has 0 radical (unpaired) electrons. The van der Waals surface area contributed by atoms with Crippen LogP contribution in [-0.4, -0.2) is 15.0 Å². The van der Waals surface area contributed by atoms with E-state index in [0.717, 1.165) is 6.07 Å². The minimum atomic E-state index is -4.93. The van der Waals surface area contributed by atoms with Gasteiger partial charge < -0.3 is 8.92 Å². The van der Waals surface area contributed by atoms with E-state index in [1.165, 1.54) is 12.1 Å². The molecule has 0 atom stereocenters. The second kappa shape index (κ2) is 7.21. The van der Waals surface area contributed by atoms with Gasteiger partial charge in [0.15, 0.2) is 11.5 Å². The lowest BCUT2D eigenvalue weighted by Gasteiger charge is -2.13. The Morgan fingerprint density at radius 1 is 1.12 bits per heavy atom. The molecule has 0 N–H and O–H groups in total.